The molecule has 8 heteroatoms. The molecule has 4 nitrogen and oxygen atoms in total. The fourth-order valence-corrected chi connectivity index (χ4v) is 2.71. The first-order valence-corrected chi connectivity index (χ1v) is 7.39. The van der Waals surface area contributed by atoms with Gasteiger partial charge in [0.05, 0.1) is 7.11 Å². The molecule has 2 aromatic carbocycles. The van der Waals surface area contributed by atoms with Crippen LogP contribution in [0, 0.1) is 24.4 Å². The van der Waals surface area contributed by atoms with Gasteiger partial charge in [0.15, 0.2) is 23.1 Å². The largest absolute Gasteiger partial charge is 0.493 e. The predicted molar refractivity (Wildman–Crippen MR) is 71.9 cm³/mol. The standard InChI is InChI=1S/C14H11F3O4S/c1-8-3-4-12(13(5-8)20-2)21-22(18,19)14-7-10(16)9(15)6-11(14)17/h3-7H,1-2H3. The maximum Gasteiger partial charge on any atom is 0.342 e. The molecule has 0 saturated heterocycles. The fraction of sp³-hybridized carbons (Fsp3) is 0.143. The van der Waals surface area contributed by atoms with Crippen LogP contribution in [-0.2, 0) is 10.1 Å². The molecular formula is C14H11F3O4S. The molecule has 0 unspecified atom stereocenters. The van der Waals surface area contributed by atoms with Gasteiger partial charge in [-0.3, -0.25) is 0 Å². The summed E-state index contributed by atoms with van der Waals surface area (Å²) in [5.41, 5.74) is 0.778. The third-order valence-corrected chi connectivity index (χ3v) is 4.01. The van der Waals surface area contributed by atoms with E-state index in [2.05, 4.69) is 0 Å². The summed E-state index contributed by atoms with van der Waals surface area (Å²) in [5.74, 6) is -4.54. The van der Waals surface area contributed by atoms with Crippen LogP contribution in [0.25, 0.3) is 0 Å². The minimum absolute atomic E-state index is 0.103. The van der Waals surface area contributed by atoms with Crippen LogP contribution >= 0.6 is 0 Å². The van der Waals surface area contributed by atoms with E-state index >= 15 is 0 Å². The van der Waals surface area contributed by atoms with Gasteiger partial charge in [-0.1, -0.05) is 6.07 Å². The number of rotatable bonds is 4. The maximum atomic E-state index is 13.6. The molecule has 0 atom stereocenters. The second-order valence-electron chi connectivity index (χ2n) is 4.39. The first kappa shape index (κ1) is 16.2. The lowest BCUT2D eigenvalue weighted by atomic mass is 10.2. The second-order valence-corrected chi connectivity index (χ2v) is 5.90. The number of ether oxygens (including phenoxy) is 1. The van der Waals surface area contributed by atoms with Crippen LogP contribution in [0.4, 0.5) is 13.2 Å². The Morgan fingerprint density at radius 3 is 2.18 bits per heavy atom. The highest BCUT2D eigenvalue weighted by atomic mass is 32.2. The third-order valence-electron chi connectivity index (χ3n) is 2.76. The molecule has 2 rings (SSSR count). The van der Waals surface area contributed by atoms with Crippen LogP contribution in [-0.4, -0.2) is 15.5 Å². The summed E-state index contributed by atoms with van der Waals surface area (Å²) in [6.07, 6.45) is 0. The molecule has 0 aliphatic rings. The molecule has 0 radical (unpaired) electrons. The van der Waals surface area contributed by atoms with Crippen molar-refractivity contribution in [2.75, 3.05) is 7.11 Å². The minimum atomic E-state index is -4.69. The summed E-state index contributed by atoms with van der Waals surface area (Å²) in [7, 11) is -3.39. The van der Waals surface area contributed by atoms with Gasteiger partial charge in [0.1, 0.15) is 10.7 Å². The first-order valence-electron chi connectivity index (χ1n) is 5.98. The summed E-state index contributed by atoms with van der Waals surface area (Å²) < 4.78 is 73.4. The summed E-state index contributed by atoms with van der Waals surface area (Å²) >= 11 is 0. The molecule has 0 spiro atoms. The molecule has 118 valence electrons. The summed E-state index contributed by atoms with van der Waals surface area (Å²) in [6.45, 7) is 1.75. The van der Waals surface area contributed by atoms with Crippen molar-refractivity contribution in [1.82, 2.24) is 0 Å². The topological polar surface area (TPSA) is 52.6 Å². The monoisotopic (exact) mass is 332 g/mol. The van der Waals surface area contributed by atoms with Gasteiger partial charge in [-0.05, 0) is 24.6 Å². The van der Waals surface area contributed by atoms with Crippen molar-refractivity contribution in [3.8, 4) is 11.5 Å². The van der Waals surface area contributed by atoms with Crippen molar-refractivity contribution in [2.24, 2.45) is 0 Å². The fourth-order valence-electron chi connectivity index (χ4n) is 1.70. The number of hydrogen-bond acceptors (Lipinski definition) is 4. The molecule has 0 amide bonds. The number of halogens is 3. The van der Waals surface area contributed by atoms with Gasteiger partial charge in [0, 0.05) is 12.1 Å². The Hall–Kier alpha value is -2.22. The summed E-state index contributed by atoms with van der Waals surface area (Å²) in [5, 5.41) is 0. The van der Waals surface area contributed by atoms with Crippen LogP contribution in [0.2, 0.25) is 0 Å². The van der Waals surface area contributed by atoms with Crippen molar-refractivity contribution in [1.29, 1.82) is 0 Å². The zero-order valence-corrected chi connectivity index (χ0v) is 12.4. The van der Waals surface area contributed by atoms with Crippen molar-refractivity contribution in [3.05, 3.63) is 53.3 Å². The van der Waals surface area contributed by atoms with E-state index in [0.717, 1.165) is 5.56 Å². The van der Waals surface area contributed by atoms with Gasteiger partial charge in [-0.15, -0.1) is 0 Å². The van der Waals surface area contributed by atoms with Crippen LogP contribution in [0.1, 0.15) is 5.56 Å². The van der Waals surface area contributed by atoms with Crippen molar-refractivity contribution in [2.45, 2.75) is 11.8 Å². The average Bonchev–Trinajstić information content (AvgIpc) is 2.44. The van der Waals surface area contributed by atoms with Crippen molar-refractivity contribution >= 4 is 10.1 Å². The average molecular weight is 332 g/mol. The molecule has 0 heterocycles. The van der Waals surface area contributed by atoms with E-state index in [0.29, 0.717) is 0 Å². The van der Waals surface area contributed by atoms with Crippen molar-refractivity contribution in [3.63, 3.8) is 0 Å². The number of aryl methyl sites for hydroxylation is 1. The number of hydrogen-bond donors (Lipinski definition) is 0. The zero-order valence-electron chi connectivity index (χ0n) is 11.6. The second kappa shape index (κ2) is 5.88. The van der Waals surface area contributed by atoms with E-state index < -0.39 is 32.5 Å². The lowest BCUT2D eigenvalue weighted by Crippen LogP contribution is -2.13. The van der Waals surface area contributed by atoms with E-state index in [1.165, 1.54) is 19.2 Å². The number of methoxy groups -OCH3 is 1. The molecule has 0 saturated carbocycles. The smallest absolute Gasteiger partial charge is 0.342 e. The summed E-state index contributed by atoms with van der Waals surface area (Å²) in [6, 6.07) is 4.73. The molecule has 0 aliphatic heterocycles. The Morgan fingerprint density at radius 1 is 0.909 bits per heavy atom. The van der Waals surface area contributed by atoms with Crippen LogP contribution in [0.5, 0.6) is 11.5 Å². The van der Waals surface area contributed by atoms with E-state index in [9.17, 15) is 21.6 Å². The summed E-state index contributed by atoms with van der Waals surface area (Å²) in [4.78, 5) is -1.10. The Bertz CT molecular complexity index is 819. The lowest BCUT2D eigenvalue weighted by Gasteiger charge is -2.12. The number of benzene rings is 2. The SMILES string of the molecule is COc1cc(C)ccc1OS(=O)(=O)c1cc(F)c(F)cc1F. The highest BCUT2D eigenvalue weighted by Crippen LogP contribution is 2.31. The van der Waals surface area contributed by atoms with Gasteiger partial charge >= 0.3 is 10.1 Å². The lowest BCUT2D eigenvalue weighted by molar-refractivity contribution is 0.389. The van der Waals surface area contributed by atoms with E-state index in [1.807, 2.05) is 0 Å². The molecule has 0 aliphatic carbocycles. The molecular weight excluding hydrogens is 321 g/mol. The molecule has 22 heavy (non-hydrogen) atoms. The Morgan fingerprint density at radius 2 is 1.55 bits per heavy atom. The van der Waals surface area contributed by atoms with Gasteiger partial charge in [-0.2, -0.15) is 8.42 Å². The van der Waals surface area contributed by atoms with E-state index in [-0.39, 0.29) is 23.6 Å². The highest BCUT2D eigenvalue weighted by Gasteiger charge is 2.25. The first-order chi connectivity index (χ1) is 10.2. The Labute approximate surface area is 125 Å². The predicted octanol–water partition coefficient (Wildman–Crippen LogP) is 3.19. The minimum Gasteiger partial charge on any atom is -0.493 e. The van der Waals surface area contributed by atoms with Crippen molar-refractivity contribution < 1.29 is 30.5 Å². The molecule has 0 bridgehead atoms. The van der Waals surface area contributed by atoms with Crippen LogP contribution in [0.3, 0.4) is 0 Å². The maximum absolute atomic E-state index is 13.6. The van der Waals surface area contributed by atoms with E-state index in [1.54, 1.807) is 13.0 Å². The quantitative estimate of drug-likeness (QED) is 0.637. The zero-order chi connectivity index (χ0) is 16.5. The molecule has 0 aromatic heterocycles. The molecule has 0 N–H and O–H groups in total. The van der Waals surface area contributed by atoms with E-state index in [4.69, 9.17) is 8.92 Å². The normalized spacial score (nSPS) is 11.3. The third kappa shape index (κ3) is 3.16. The molecule has 0 fully saturated rings. The highest BCUT2D eigenvalue weighted by molar-refractivity contribution is 7.87. The Kier molecular flexibility index (Phi) is 4.32. The van der Waals surface area contributed by atoms with Gasteiger partial charge in [0.25, 0.3) is 0 Å². The van der Waals surface area contributed by atoms with Gasteiger partial charge in [-0.25, -0.2) is 13.2 Å². The van der Waals surface area contributed by atoms with Gasteiger partial charge in [0.2, 0.25) is 0 Å². The Balaban J connectivity index is 2.47. The van der Waals surface area contributed by atoms with Crippen LogP contribution in [0.15, 0.2) is 35.2 Å². The molecule has 2 aromatic rings. The van der Waals surface area contributed by atoms with Crippen LogP contribution < -0.4 is 8.92 Å². The van der Waals surface area contributed by atoms with Gasteiger partial charge < -0.3 is 8.92 Å².